The summed E-state index contributed by atoms with van der Waals surface area (Å²) in [5.41, 5.74) is 6.37. The highest BCUT2D eigenvalue weighted by Crippen LogP contribution is 2.38. The summed E-state index contributed by atoms with van der Waals surface area (Å²) < 4.78 is 6.08. The number of thioether (sulfide) groups is 1. The number of fused-ring (bicyclic) bond motifs is 1. The highest BCUT2D eigenvalue weighted by Gasteiger charge is 2.41. The molecule has 1 amide bonds. The highest BCUT2D eigenvalue weighted by molar-refractivity contribution is 8.01. The summed E-state index contributed by atoms with van der Waals surface area (Å²) in [7, 11) is 0. The lowest BCUT2D eigenvalue weighted by molar-refractivity contribution is -0.126. The van der Waals surface area contributed by atoms with E-state index in [1.54, 1.807) is 11.8 Å². The molecule has 7 heteroatoms. The molecule has 2 aliphatic carbocycles. The predicted octanol–water partition coefficient (Wildman–Crippen LogP) is 1.88. The number of carbonyl (C=O) groups excluding carboxylic acids is 1. The van der Waals surface area contributed by atoms with E-state index in [4.69, 9.17) is 4.74 Å². The number of nitrogens with one attached hydrogen (secondary N) is 4. The first-order valence-corrected chi connectivity index (χ1v) is 10.9. The summed E-state index contributed by atoms with van der Waals surface area (Å²) in [6, 6.07) is 0.502. The van der Waals surface area contributed by atoms with Crippen molar-refractivity contribution in [3.63, 3.8) is 0 Å². The Labute approximate surface area is 154 Å². The molecule has 8 unspecified atom stereocenters. The Balaban J connectivity index is 1.27. The number of hydrogen-bond acceptors (Lipinski definition) is 6. The lowest BCUT2D eigenvalue weighted by Gasteiger charge is -2.35. The molecule has 4 aliphatic rings. The van der Waals surface area contributed by atoms with E-state index in [0.29, 0.717) is 23.1 Å². The van der Waals surface area contributed by atoms with Gasteiger partial charge in [-0.2, -0.15) is 0 Å². The summed E-state index contributed by atoms with van der Waals surface area (Å²) in [6.07, 6.45) is 8.29. The quantitative estimate of drug-likeness (QED) is 0.610. The molecule has 2 saturated carbocycles. The fraction of sp³-hybridized carbons (Fsp3) is 0.944. The molecule has 4 fully saturated rings. The van der Waals surface area contributed by atoms with Crippen LogP contribution in [0.4, 0.5) is 0 Å². The molecule has 6 nitrogen and oxygen atoms in total. The third-order valence-corrected chi connectivity index (χ3v) is 7.98. The van der Waals surface area contributed by atoms with Crippen molar-refractivity contribution < 1.29 is 9.53 Å². The van der Waals surface area contributed by atoms with Crippen molar-refractivity contribution in [3.8, 4) is 0 Å². The van der Waals surface area contributed by atoms with Crippen molar-refractivity contribution >= 4 is 17.7 Å². The molecule has 2 heterocycles. The van der Waals surface area contributed by atoms with Gasteiger partial charge in [0.15, 0.2) is 0 Å². The van der Waals surface area contributed by atoms with E-state index in [9.17, 15) is 4.79 Å². The van der Waals surface area contributed by atoms with Gasteiger partial charge in [0.25, 0.3) is 5.91 Å². The number of amides is 1. The van der Waals surface area contributed by atoms with E-state index >= 15 is 0 Å². The van der Waals surface area contributed by atoms with E-state index in [2.05, 4.69) is 35.3 Å². The SMILES string of the molecule is CC1CCC(C)C(C2NNC(NC(=O)C3NC4CCCCC4S3)O2)C1. The van der Waals surface area contributed by atoms with E-state index in [1.165, 1.54) is 44.9 Å². The van der Waals surface area contributed by atoms with Gasteiger partial charge in [-0.05, 0) is 31.1 Å². The second-order valence-corrected chi connectivity index (χ2v) is 9.75. The molecule has 0 bridgehead atoms. The zero-order valence-electron chi connectivity index (χ0n) is 15.3. The summed E-state index contributed by atoms with van der Waals surface area (Å²) in [5, 5.41) is 6.96. The molecule has 0 aromatic heterocycles. The molecule has 0 aromatic carbocycles. The number of hydrazine groups is 1. The minimum atomic E-state index is -0.438. The van der Waals surface area contributed by atoms with Gasteiger partial charge in [-0.3, -0.25) is 10.1 Å². The second-order valence-electron chi connectivity index (χ2n) is 8.41. The monoisotopic (exact) mass is 368 g/mol. The minimum absolute atomic E-state index is 0.0187. The Bertz CT molecular complexity index is 480. The zero-order chi connectivity index (χ0) is 17.4. The van der Waals surface area contributed by atoms with Crippen LogP contribution in [0.1, 0.15) is 58.8 Å². The topological polar surface area (TPSA) is 74.4 Å². The maximum atomic E-state index is 12.6. The van der Waals surface area contributed by atoms with Gasteiger partial charge in [0.1, 0.15) is 11.6 Å². The van der Waals surface area contributed by atoms with Crippen LogP contribution in [0.15, 0.2) is 0 Å². The number of carbonyl (C=O) groups is 1. The normalized spacial score (nSPS) is 47.4. The van der Waals surface area contributed by atoms with Crippen molar-refractivity contribution in [2.24, 2.45) is 17.8 Å². The van der Waals surface area contributed by atoms with Crippen LogP contribution in [-0.4, -0.2) is 35.2 Å². The van der Waals surface area contributed by atoms with Gasteiger partial charge >= 0.3 is 0 Å². The Morgan fingerprint density at radius 2 is 1.96 bits per heavy atom. The van der Waals surface area contributed by atoms with Gasteiger partial charge in [0.05, 0.1) is 0 Å². The fourth-order valence-corrected chi connectivity index (χ4v) is 6.35. The third-order valence-electron chi connectivity index (χ3n) is 6.44. The van der Waals surface area contributed by atoms with Crippen LogP contribution in [0, 0.1) is 17.8 Å². The Kier molecular flexibility index (Phi) is 5.57. The molecule has 0 aromatic rings. The highest BCUT2D eigenvalue weighted by atomic mass is 32.2. The first-order valence-electron chi connectivity index (χ1n) is 9.98. The molecule has 2 aliphatic heterocycles. The van der Waals surface area contributed by atoms with Crippen LogP contribution >= 0.6 is 11.8 Å². The van der Waals surface area contributed by atoms with E-state index in [1.807, 2.05) is 0 Å². The van der Waals surface area contributed by atoms with E-state index in [-0.39, 0.29) is 17.5 Å². The number of hydrogen-bond donors (Lipinski definition) is 4. The predicted molar refractivity (Wildman–Crippen MR) is 99.3 cm³/mol. The molecule has 25 heavy (non-hydrogen) atoms. The molecule has 2 saturated heterocycles. The maximum absolute atomic E-state index is 12.6. The van der Waals surface area contributed by atoms with Crippen LogP contribution in [-0.2, 0) is 9.53 Å². The van der Waals surface area contributed by atoms with Crippen molar-refractivity contribution in [2.45, 2.75) is 88.0 Å². The van der Waals surface area contributed by atoms with E-state index in [0.717, 1.165) is 5.92 Å². The number of ether oxygens (including phenoxy) is 1. The Hall–Kier alpha value is -0.340. The van der Waals surface area contributed by atoms with Crippen LogP contribution in [0.3, 0.4) is 0 Å². The van der Waals surface area contributed by atoms with Gasteiger partial charge in [-0.15, -0.1) is 11.8 Å². The average molecular weight is 369 g/mol. The van der Waals surface area contributed by atoms with Crippen LogP contribution < -0.4 is 21.5 Å². The third kappa shape index (κ3) is 4.00. The van der Waals surface area contributed by atoms with Crippen molar-refractivity contribution in [3.05, 3.63) is 0 Å². The van der Waals surface area contributed by atoms with Gasteiger partial charge in [0.2, 0.25) is 6.35 Å². The standard InChI is InChI=1S/C18H32N4O2S/c1-10-7-8-11(2)12(9-10)16-21-22-18(24-16)20-15(23)17-19-13-5-3-4-6-14(13)25-17/h10-14,16-19,21-22H,3-9H2,1-2H3,(H,20,23). The molecule has 0 radical (unpaired) electrons. The number of rotatable bonds is 3. The van der Waals surface area contributed by atoms with E-state index < -0.39 is 6.35 Å². The molecular weight excluding hydrogens is 336 g/mol. The Morgan fingerprint density at radius 3 is 2.80 bits per heavy atom. The lowest BCUT2D eigenvalue weighted by Crippen LogP contribution is -2.50. The summed E-state index contributed by atoms with van der Waals surface area (Å²) in [5.74, 6) is 1.94. The smallest absolute Gasteiger partial charge is 0.250 e. The van der Waals surface area contributed by atoms with Crippen molar-refractivity contribution in [1.82, 2.24) is 21.5 Å². The van der Waals surface area contributed by atoms with Gasteiger partial charge < -0.3 is 10.1 Å². The van der Waals surface area contributed by atoms with Crippen molar-refractivity contribution in [2.75, 3.05) is 0 Å². The summed E-state index contributed by atoms with van der Waals surface area (Å²) in [6.45, 7) is 4.64. The molecule has 142 valence electrons. The van der Waals surface area contributed by atoms with Crippen LogP contribution in [0.25, 0.3) is 0 Å². The lowest BCUT2D eigenvalue weighted by atomic mass is 9.75. The molecule has 0 spiro atoms. The minimum Gasteiger partial charge on any atom is -0.324 e. The first-order chi connectivity index (χ1) is 12.1. The molecule has 4 N–H and O–H groups in total. The molecular formula is C18H32N4O2S. The van der Waals surface area contributed by atoms with Gasteiger partial charge in [0, 0.05) is 17.2 Å². The summed E-state index contributed by atoms with van der Waals surface area (Å²) >= 11 is 1.79. The first kappa shape index (κ1) is 18.0. The zero-order valence-corrected chi connectivity index (χ0v) is 16.1. The Morgan fingerprint density at radius 1 is 1.12 bits per heavy atom. The van der Waals surface area contributed by atoms with Crippen LogP contribution in [0.2, 0.25) is 0 Å². The van der Waals surface area contributed by atoms with Crippen LogP contribution in [0.5, 0.6) is 0 Å². The molecule has 8 atom stereocenters. The maximum Gasteiger partial charge on any atom is 0.250 e. The van der Waals surface area contributed by atoms with Gasteiger partial charge in [-0.1, -0.05) is 39.5 Å². The fourth-order valence-electron chi connectivity index (χ4n) is 4.85. The molecule has 4 rings (SSSR count). The average Bonchev–Trinajstić information content (AvgIpc) is 3.23. The second kappa shape index (κ2) is 7.72. The van der Waals surface area contributed by atoms with Gasteiger partial charge in [-0.25, -0.2) is 10.9 Å². The largest absolute Gasteiger partial charge is 0.324 e. The summed E-state index contributed by atoms with van der Waals surface area (Å²) in [4.78, 5) is 12.6. The van der Waals surface area contributed by atoms with Crippen molar-refractivity contribution in [1.29, 1.82) is 0 Å².